The van der Waals surface area contributed by atoms with Crippen LogP contribution in [0.5, 0.6) is 0 Å². The number of hydrogen-bond acceptors (Lipinski definition) is 3. The molecule has 20 heavy (non-hydrogen) atoms. The van der Waals surface area contributed by atoms with E-state index in [9.17, 15) is 8.42 Å². The van der Waals surface area contributed by atoms with Crippen molar-refractivity contribution >= 4 is 10.2 Å². The summed E-state index contributed by atoms with van der Waals surface area (Å²) in [7, 11) is -3.24. The lowest BCUT2D eigenvalue weighted by Gasteiger charge is -2.34. The van der Waals surface area contributed by atoms with Gasteiger partial charge in [-0.2, -0.15) is 17.0 Å². The van der Waals surface area contributed by atoms with Crippen LogP contribution in [-0.4, -0.2) is 56.3 Å². The SMILES string of the molecule is CCCCN(CC)S(=O)(=O)N1CCC(CNCC)CC1. The van der Waals surface area contributed by atoms with Gasteiger partial charge in [0.15, 0.2) is 0 Å². The Morgan fingerprint density at radius 1 is 1.20 bits per heavy atom. The lowest BCUT2D eigenvalue weighted by Crippen LogP contribution is -2.48. The minimum absolute atomic E-state index is 0.569. The van der Waals surface area contributed by atoms with Gasteiger partial charge in [0.25, 0.3) is 10.2 Å². The van der Waals surface area contributed by atoms with Gasteiger partial charge in [0.2, 0.25) is 0 Å². The van der Waals surface area contributed by atoms with Crippen molar-refractivity contribution < 1.29 is 8.42 Å². The zero-order chi connectivity index (χ0) is 15.0. The molecule has 120 valence electrons. The van der Waals surface area contributed by atoms with Crippen LogP contribution in [-0.2, 0) is 10.2 Å². The van der Waals surface area contributed by atoms with Crippen LogP contribution < -0.4 is 5.32 Å². The molecule has 0 spiro atoms. The quantitative estimate of drug-likeness (QED) is 0.705. The van der Waals surface area contributed by atoms with Crippen molar-refractivity contribution in [2.24, 2.45) is 5.92 Å². The predicted molar refractivity (Wildman–Crippen MR) is 83.9 cm³/mol. The molecule has 1 aliphatic heterocycles. The topological polar surface area (TPSA) is 52.7 Å². The monoisotopic (exact) mass is 305 g/mol. The predicted octanol–water partition coefficient (Wildman–Crippen LogP) is 1.67. The molecular formula is C14H31N3O2S. The number of nitrogens with one attached hydrogen (secondary N) is 1. The maximum atomic E-state index is 12.6. The summed E-state index contributed by atoms with van der Waals surface area (Å²) in [5, 5.41) is 3.36. The Balaban J connectivity index is 2.52. The molecule has 1 saturated heterocycles. The summed E-state index contributed by atoms with van der Waals surface area (Å²) in [5.41, 5.74) is 0. The Labute approximate surface area is 124 Å². The van der Waals surface area contributed by atoms with Crippen LogP contribution in [0.15, 0.2) is 0 Å². The summed E-state index contributed by atoms with van der Waals surface area (Å²) in [6, 6.07) is 0. The van der Waals surface area contributed by atoms with Gasteiger partial charge in [0, 0.05) is 26.2 Å². The molecule has 0 radical (unpaired) electrons. The third-order valence-corrected chi connectivity index (χ3v) is 6.13. The van der Waals surface area contributed by atoms with Crippen molar-refractivity contribution in [3.8, 4) is 0 Å². The third-order valence-electron chi connectivity index (χ3n) is 4.02. The fraction of sp³-hybridized carbons (Fsp3) is 1.00. The Morgan fingerprint density at radius 2 is 1.85 bits per heavy atom. The maximum absolute atomic E-state index is 12.6. The Hall–Kier alpha value is -0.170. The van der Waals surface area contributed by atoms with Crippen molar-refractivity contribution in [1.82, 2.24) is 13.9 Å². The van der Waals surface area contributed by atoms with E-state index in [1.807, 2.05) is 6.92 Å². The number of nitrogens with zero attached hydrogens (tertiary/aromatic N) is 2. The average Bonchev–Trinajstić information content (AvgIpc) is 2.46. The molecule has 0 saturated carbocycles. The molecule has 0 aromatic heterocycles. The first-order valence-corrected chi connectivity index (χ1v) is 9.41. The van der Waals surface area contributed by atoms with Gasteiger partial charge in [-0.1, -0.05) is 27.2 Å². The second kappa shape index (κ2) is 8.97. The largest absolute Gasteiger partial charge is 0.317 e. The first-order valence-electron chi connectivity index (χ1n) is 8.02. The van der Waals surface area contributed by atoms with E-state index < -0.39 is 10.2 Å². The number of piperidine rings is 1. The zero-order valence-corrected chi connectivity index (χ0v) is 14.1. The van der Waals surface area contributed by atoms with Gasteiger partial charge >= 0.3 is 0 Å². The molecule has 1 aliphatic rings. The van der Waals surface area contributed by atoms with Crippen LogP contribution in [0.4, 0.5) is 0 Å². The lowest BCUT2D eigenvalue weighted by molar-refractivity contribution is 0.250. The Bertz CT molecular complexity index is 351. The summed E-state index contributed by atoms with van der Waals surface area (Å²) in [4.78, 5) is 0. The van der Waals surface area contributed by atoms with E-state index in [-0.39, 0.29) is 0 Å². The van der Waals surface area contributed by atoms with Gasteiger partial charge < -0.3 is 5.32 Å². The fourth-order valence-corrected chi connectivity index (χ4v) is 4.31. The molecule has 0 atom stereocenters. The highest BCUT2D eigenvalue weighted by Gasteiger charge is 2.31. The molecule has 1 rings (SSSR count). The highest BCUT2D eigenvalue weighted by molar-refractivity contribution is 7.86. The van der Waals surface area contributed by atoms with Gasteiger partial charge in [-0.15, -0.1) is 0 Å². The molecule has 0 aliphatic carbocycles. The van der Waals surface area contributed by atoms with E-state index in [0.29, 0.717) is 32.1 Å². The molecule has 0 unspecified atom stereocenters. The van der Waals surface area contributed by atoms with Crippen LogP contribution in [0, 0.1) is 5.92 Å². The van der Waals surface area contributed by atoms with Crippen LogP contribution in [0.25, 0.3) is 0 Å². The van der Waals surface area contributed by atoms with Gasteiger partial charge in [0.1, 0.15) is 0 Å². The lowest BCUT2D eigenvalue weighted by atomic mass is 9.98. The molecule has 6 heteroatoms. The molecule has 0 aromatic rings. The summed E-state index contributed by atoms with van der Waals surface area (Å²) in [6.07, 6.45) is 3.90. The third kappa shape index (κ3) is 4.98. The molecular weight excluding hydrogens is 274 g/mol. The van der Waals surface area contributed by atoms with E-state index in [1.54, 1.807) is 8.61 Å². The molecule has 1 N–H and O–H groups in total. The first-order chi connectivity index (χ1) is 9.56. The molecule has 0 aromatic carbocycles. The highest BCUT2D eigenvalue weighted by atomic mass is 32.2. The summed E-state index contributed by atoms with van der Waals surface area (Å²) < 4.78 is 28.5. The Kier molecular flexibility index (Phi) is 8.02. The second-order valence-corrected chi connectivity index (χ2v) is 7.43. The summed E-state index contributed by atoms with van der Waals surface area (Å²) in [5.74, 6) is 0.618. The fourth-order valence-electron chi connectivity index (χ4n) is 2.63. The second-order valence-electron chi connectivity index (χ2n) is 5.50. The van der Waals surface area contributed by atoms with Crippen molar-refractivity contribution in [2.75, 3.05) is 39.3 Å². The van der Waals surface area contributed by atoms with Gasteiger partial charge in [0.05, 0.1) is 0 Å². The molecule has 0 bridgehead atoms. The first kappa shape index (κ1) is 17.9. The van der Waals surface area contributed by atoms with Gasteiger partial charge in [-0.3, -0.25) is 0 Å². The highest BCUT2D eigenvalue weighted by Crippen LogP contribution is 2.21. The smallest absolute Gasteiger partial charge is 0.281 e. The molecule has 5 nitrogen and oxygen atoms in total. The van der Waals surface area contributed by atoms with E-state index in [4.69, 9.17) is 0 Å². The number of hydrogen-bond donors (Lipinski definition) is 1. The van der Waals surface area contributed by atoms with E-state index in [1.165, 1.54) is 0 Å². The van der Waals surface area contributed by atoms with Crippen molar-refractivity contribution in [2.45, 2.75) is 46.5 Å². The zero-order valence-electron chi connectivity index (χ0n) is 13.3. The van der Waals surface area contributed by atoms with Crippen molar-refractivity contribution in [1.29, 1.82) is 0 Å². The van der Waals surface area contributed by atoms with E-state index in [2.05, 4.69) is 19.2 Å². The number of unbranched alkanes of at least 4 members (excludes halogenated alkanes) is 1. The number of rotatable bonds is 9. The van der Waals surface area contributed by atoms with Crippen LogP contribution in [0.2, 0.25) is 0 Å². The van der Waals surface area contributed by atoms with E-state index >= 15 is 0 Å². The summed E-state index contributed by atoms with van der Waals surface area (Å²) in [6.45, 7) is 10.7. The molecule has 0 amide bonds. The Morgan fingerprint density at radius 3 is 2.35 bits per heavy atom. The minimum atomic E-state index is -3.24. The van der Waals surface area contributed by atoms with Gasteiger partial charge in [-0.05, 0) is 38.3 Å². The normalized spacial score (nSPS) is 18.8. The average molecular weight is 305 g/mol. The summed E-state index contributed by atoms with van der Waals surface area (Å²) >= 11 is 0. The van der Waals surface area contributed by atoms with Gasteiger partial charge in [-0.25, -0.2) is 0 Å². The maximum Gasteiger partial charge on any atom is 0.281 e. The van der Waals surface area contributed by atoms with Crippen LogP contribution >= 0.6 is 0 Å². The molecule has 1 heterocycles. The van der Waals surface area contributed by atoms with E-state index in [0.717, 1.165) is 38.8 Å². The minimum Gasteiger partial charge on any atom is -0.317 e. The van der Waals surface area contributed by atoms with Crippen molar-refractivity contribution in [3.63, 3.8) is 0 Å². The van der Waals surface area contributed by atoms with Crippen molar-refractivity contribution in [3.05, 3.63) is 0 Å². The van der Waals surface area contributed by atoms with Crippen LogP contribution in [0.3, 0.4) is 0 Å². The molecule has 1 fully saturated rings. The van der Waals surface area contributed by atoms with Crippen LogP contribution in [0.1, 0.15) is 46.5 Å². The standard InChI is InChI=1S/C14H31N3O2S/c1-4-7-10-16(6-3)20(18,19)17-11-8-14(9-12-17)13-15-5-2/h14-15H,4-13H2,1-3H3.